The van der Waals surface area contributed by atoms with Gasteiger partial charge in [0.25, 0.3) is 0 Å². The maximum Gasteiger partial charge on any atom is 0.337 e. The first-order valence-corrected chi connectivity index (χ1v) is 7.73. The Morgan fingerprint density at radius 2 is 1.95 bits per heavy atom. The Morgan fingerprint density at radius 3 is 2.55 bits per heavy atom. The summed E-state index contributed by atoms with van der Waals surface area (Å²) in [5, 5.41) is 0. The Labute approximate surface area is 130 Å². The standard InChI is InChI=1S/C15H14BrNO2S/c1-19-15(18)11-4-2-10(3-5-11)9-20-14-7-6-12(17)8-13(14)16/h2-8H,9,17H2,1H3. The molecule has 20 heavy (non-hydrogen) atoms. The van der Waals surface area contributed by atoms with E-state index in [1.807, 2.05) is 30.3 Å². The van der Waals surface area contributed by atoms with E-state index in [1.165, 1.54) is 7.11 Å². The topological polar surface area (TPSA) is 52.3 Å². The van der Waals surface area contributed by atoms with E-state index in [0.29, 0.717) is 5.56 Å². The number of carbonyl (C=O) groups is 1. The number of carbonyl (C=O) groups excluding carboxylic acids is 1. The van der Waals surface area contributed by atoms with E-state index in [4.69, 9.17) is 5.73 Å². The number of halogens is 1. The molecule has 0 amide bonds. The van der Waals surface area contributed by atoms with Crippen molar-refractivity contribution in [1.29, 1.82) is 0 Å². The van der Waals surface area contributed by atoms with Gasteiger partial charge in [0.2, 0.25) is 0 Å². The Balaban J connectivity index is 2.02. The van der Waals surface area contributed by atoms with Crippen LogP contribution < -0.4 is 5.73 Å². The van der Waals surface area contributed by atoms with Gasteiger partial charge in [-0.2, -0.15) is 0 Å². The van der Waals surface area contributed by atoms with E-state index in [9.17, 15) is 4.79 Å². The highest BCUT2D eigenvalue weighted by atomic mass is 79.9. The third-order valence-electron chi connectivity index (χ3n) is 2.73. The van der Waals surface area contributed by atoms with Crippen molar-refractivity contribution in [3.05, 3.63) is 58.1 Å². The summed E-state index contributed by atoms with van der Waals surface area (Å²) in [5.41, 5.74) is 8.16. The Bertz CT molecular complexity index is 614. The van der Waals surface area contributed by atoms with E-state index in [1.54, 1.807) is 23.9 Å². The van der Waals surface area contributed by atoms with E-state index in [2.05, 4.69) is 20.7 Å². The van der Waals surface area contributed by atoms with E-state index in [-0.39, 0.29) is 5.97 Å². The van der Waals surface area contributed by atoms with Crippen LogP contribution in [-0.4, -0.2) is 13.1 Å². The smallest absolute Gasteiger partial charge is 0.337 e. The van der Waals surface area contributed by atoms with Crippen LogP contribution in [0.3, 0.4) is 0 Å². The van der Waals surface area contributed by atoms with Gasteiger partial charge >= 0.3 is 5.97 Å². The largest absolute Gasteiger partial charge is 0.465 e. The molecule has 0 saturated carbocycles. The molecular formula is C15H14BrNO2S. The second-order valence-corrected chi connectivity index (χ2v) is 6.04. The van der Waals surface area contributed by atoms with Crippen molar-refractivity contribution in [1.82, 2.24) is 0 Å². The first kappa shape index (κ1) is 14.9. The molecule has 0 radical (unpaired) electrons. The number of benzene rings is 2. The second-order valence-electron chi connectivity index (χ2n) is 4.17. The summed E-state index contributed by atoms with van der Waals surface area (Å²) in [5.74, 6) is 0.509. The Hall–Kier alpha value is -1.46. The predicted octanol–water partition coefficient (Wildman–Crippen LogP) is 4.11. The fourth-order valence-electron chi connectivity index (χ4n) is 1.65. The number of anilines is 1. The molecule has 0 spiro atoms. The lowest BCUT2D eigenvalue weighted by Crippen LogP contribution is -2.00. The zero-order valence-corrected chi connectivity index (χ0v) is 13.3. The molecule has 0 heterocycles. The highest BCUT2D eigenvalue weighted by molar-refractivity contribution is 9.10. The summed E-state index contributed by atoms with van der Waals surface area (Å²) < 4.78 is 5.66. The maximum atomic E-state index is 11.3. The van der Waals surface area contributed by atoms with Crippen molar-refractivity contribution >= 4 is 39.3 Å². The number of ether oxygens (including phenoxy) is 1. The normalized spacial score (nSPS) is 10.3. The molecule has 3 nitrogen and oxygen atoms in total. The van der Waals surface area contributed by atoms with Crippen LogP contribution in [-0.2, 0) is 10.5 Å². The van der Waals surface area contributed by atoms with Gasteiger partial charge in [-0.05, 0) is 51.8 Å². The summed E-state index contributed by atoms with van der Waals surface area (Å²) >= 11 is 5.21. The molecule has 5 heteroatoms. The third-order valence-corrected chi connectivity index (χ3v) is 4.79. The van der Waals surface area contributed by atoms with E-state index < -0.39 is 0 Å². The monoisotopic (exact) mass is 351 g/mol. The molecular weight excluding hydrogens is 338 g/mol. The highest BCUT2D eigenvalue weighted by Crippen LogP contribution is 2.31. The van der Waals surface area contributed by atoms with Crippen molar-refractivity contribution in [3.63, 3.8) is 0 Å². The summed E-state index contributed by atoms with van der Waals surface area (Å²) in [6.07, 6.45) is 0. The fraction of sp³-hybridized carbons (Fsp3) is 0.133. The lowest BCUT2D eigenvalue weighted by molar-refractivity contribution is 0.0600. The van der Waals surface area contributed by atoms with Gasteiger partial charge in [0, 0.05) is 20.8 Å². The van der Waals surface area contributed by atoms with Crippen LogP contribution in [0.25, 0.3) is 0 Å². The molecule has 0 atom stereocenters. The molecule has 0 aliphatic heterocycles. The van der Waals surface area contributed by atoms with Crippen LogP contribution in [0.1, 0.15) is 15.9 Å². The first-order valence-electron chi connectivity index (χ1n) is 5.95. The Kier molecular flexibility index (Phi) is 5.09. The molecule has 0 aliphatic rings. The lowest BCUT2D eigenvalue weighted by Gasteiger charge is -2.06. The van der Waals surface area contributed by atoms with Gasteiger partial charge in [0.15, 0.2) is 0 Å². The first-order chi connectivity index (χ1) is 9.60. The summed E-state index contributed by atoms with van der Waals surface area (Å²) in [7, 11) is 1.38. The number of rotatable bonds is 4. The SMILES string of the molecule is COC(=O)c1ccc(CSc2ccc(N)cc2Br)cc1. The number of thioether (sulfide) groups is 1. The molecule has 0 aromatic heterocycles. The molecule has 104 valence electrons. The van der Waals surface area contributed by atoms with Gasteiger partial charge in [-0.25, -0.2) is 4.79 Å². The number of hydrogen-bond acceptors (Lipinski definition) is 4. The van der Waals surface area contributed by atoms with Crippen LogP contribution in [0.4, 0.5) is 5.69 Å². The van der Waals surface area contributed by atoms with Gasteiger partial charge in [-0.1, -0.05) is 12.1 Å². The zero-order valence-electron chi connectivity index (χ0n) is 10.9. The number of methoxy groups -OCH3 is 1. The lowest BCUT2D eigenvalue weighted by atomic mass is 10.1. The average Bonchev–Trinajstić information content (AvgIpc) is 2.46. The van der Waals surface area contributed by atoms with Crippen molar-refractivity contribution in [3.8, 4) is 0 Å². The minimum atomic E-state index is -0.314. The number of nitrogen functional groups attached to an aromatic ring is 1. The minimum Gasteiger partial charge on any atom is -0.465 e. The van der Waals surface area contributed by atoms with Crippen molar-refractivity contribution in [2.75, 3.05) is 12.8 Å². The highest BCUT2D eigenvalue weighted by Gasteiger charge is 2.05. The number of hydrogen-bond donors (Lipinski definition) is 1. The second kappa shape index (κ2) is 6.81. The van der Waals surface area contributed by atoms with Crippen LogP contribution in [0.5, 0.6) is 0 Å². The molecule has 0 saturated heterocycles. The number of esters is 1. The zero-order chi connectivity index (χ0) is 14.5. The Morgan fingerprint density at radius 1 is 1.25 bits per heavy atom. The maximum absolute atomic E-state index is 11.3. The summed E-state index contributed by atoms with van der Waals surface area (Å²) in [6.45, 7) is 0. The fourth-order valence-corrected chi connectivity index (χ4v) is 3.27. The van der Waals surface area contributed by atoms with Crippen LogP contribution >= 0.6 is 27.7 Å². The molecule has 0 bridgehead atoms. The summed E-state index contributed by atoms with van der Waals surface area (Å²) in [6, 6.07) is 13.2. The molecule has 2 N–H and O–H groups in total. The van der Waals surface area contributed by atoms with Crippen LogP contribution in [0.2, 0.25) is 0 Å². The third kappa shape index (κ3) is 3.77. The van der Waals surface area contributed by atoms with Gasteiger partial charge < -0.3 is 10.5 Å². The molecule has 0 aliphatic carbocycles. The van der Waals surface area contributed by atoms with Crippen LogP contribution in [0.15, 0.2) is 51.8 Å². The molecule has 2 aromatic rings. The van der Waals surface area contributed by atoms with Gasteiger partial charge in [-0.15, -0.1) is 11.8 Å². The number of nitrogens with two attached hydrogens (primary N) is 1. The average molecular weight is 352 g/mol. The van der Waals surface area contributed by atoms with Crippen LogP contribution in [0, 0.1) is 0 Å². The van der Waals surface area contributed by atoms with Crippen molar-refractivity contribution in [2.45, 2.75) is 10.6 Å². The quantitative estimate of drug-likeness (QED) is 0.511. The summed E-state index contributed by atoms with van der Waals surface area (Å²) in [4.78, 5) is 12.5. The molecule has 2 aromatic carbocycles. The van der Waals surface area contributed by atoms with E-state index >= 15 is 0 Å². The molecule has 0 unspecified atom stereocenters. The van der Waals surface area contributed by atoms with E-state index in [0.717, 1.165) is 26.4 Å². The molecule has 2 rings (SSSR count). The van der Waals surface area contributed by atoms with Gasteiger partial charge in [0.1, 0.15) is 0 Å². The van der Waals surface area contributed by atoms with Crippen molar-refractivity contribution < 1.29 is 9.53 Å². The van der Waals surface area contributed by atoms with Crippen molar-refractivity contribution in [2.24, 2.45) is 0 Å². The van der Waals surface area contributed by atoms with Gasteiger partial charge in [-0.3, -0.25) is 0 Å². The molecule has 0 fully saturated rings. The minimum absolute atomic E-state index is 0.314. The predicted molar refractivity (Wildman–Crippen MR) is 85.9 cm³/mol. The van der Waals surface area contributed by atoms with Gasteiger partial charge in [0.05, 0.1) is 12.7 Å².